The van der Waals surface area contributed by atoms with Crippen molar-refractivity contribution in [2.75, 3.05) is 20.3 Å². The smallest absolute Gasteiger partial charge is 0.224 e. The second-order valence-corrected chi connectivity index (χ2v) is 5.16. The highest BCUT2D eigenvalue weighted by molar-refractivity contribution is 5.77. The first-order valence-electron chi connectivity index (χ1n) is 7.01. The van der Waals surface area contributed by atoms with E-state index in [1.54, 1.807) is 7.11 Å². The monoisotopic (exact) mass is 258 g/mol. The summed E-state index contributed by atoms with van der Waals surface area (Å²) in [7, 11) is 1.66. The van der Waals surface area contributed by atoms with Crippen LogP contribution in [-0.2, 0) is 9.53 Å². The third-order valence-electron chi connectivity index (χ3n) is 3.51. The van der Waals surface area contributed by atoms with Crippen LogP contribution in [0.2, 0.25) is 0 Å². The molecule has 0 heterocycles. The van der Waals surface area contributed by atoms with E-state index in [1.165, 1.54) is 0 Å². The zero-order valence-corrected chi connectivity index (χ0v) is 12.6. The van der Waals surface area contributed by atoms with Crippen molar-refractivity contribution in [3.8, 4) is 0 Å². The molecule has 18 heavy (non-hydrogen) atoms. The molecule has 0 aromatic carbocycles. The van der Waals surface area contributed by atoms with E-state index in [2.05, 4.69) is 27.7 Å². The Kier molecular flexibility index (Phi) is 9.02. The Hall–Kier alpha value is -0.610. The van der Waals surface area contributed by atoms with E-state index in [0.29, 0.717) is 31.5 Å². The molecule has 1 unspecified atom stereocenters. The zero-order chi connectivity index (χ0) is 14.1. The molecule has 0 radical (unpaired) electrons. The molecule has 0 aromatic rings. The van der Waals surface area contributed by atoms with Crippen LogP contribution in [0.15, 0.2) is 0 Å². The van der Waals surface area contributed by atoms with E-state index >= 15 is 0 Å². The van der Waals surface area contributed by atoms with E-state index in [9.17, 15) is 4.79 Å². The number of hydrogen-bond donors (Lipinski definition) is 1. The molecule has 2 N–H and O–H groups in total. The fourth-order valence-electron chi connectivity index (χ4n) is 1.98. The third kappa shape index (κ3) is 5.83. The number of nitrogens with zero attached hydrogens (tertiary/aromatic N) is 1. The fourth-order valence-corrected chi connectivity index (χ4v) is 1.98. The van der Waals surface area contributed by atoms with E-state index in [0.717, 1.165) is 12.8 Å². The molecule has 0 saturated heterocycles. The molecular weight excluding hydrogens is 228 g/mol. The summed E-state index contributed by atoms with van der Waals surface area (Å²) in [4.78, 5) is 14.2. The summed E-state index contributed by atoms with van der Waals surface area (Å²) in [5.74, 6) is 0.488. The van der Waals surface area contributed by atoms with Gasteiger partial charge >= 0.3 is 0 Å². The molecule has 0 rings (SSSR count). The van der Waals surface area contributed by atoms with Gasteiger partial charge in [0.1, 0.15) is 0 Å². The van der Waals surface area contributed by atoms with Crippen molar-refractivity contribution in [2.45, 2.75) is 59.0 Å². The van der Waals surface area contributed by atoms with Crippen LogP contribution in [0, 0.1) is 5.92 Å². The Morgan fingerprint density at radius 1 is 1.28 bits per heavy atom. The first kappa shape index (κ1) is 17.4. The lowest BCUT2D eigenvalue weighted by Crippen LogP contribution is -2.44. The normalized spacial score (nSPS) is 13.1. The average molecular weight is 258 g/mol. The van der Waals surface area contributed by atoms with Gasteiger partial charge < -0.3 is 15.4 Å². The Labute approximate surface area is 112 Å². The minimum atomic E-state index is -0.0584. The van der Waals surface area contributed by atoms with Crippen LogP contribution in [0.4, 0.5) is 0 Å². The molecule has 4 heteroatoms. The third-order valence-corrected chi connectivity index (χ3v) is 3.51. The number of rotatable bonds is 9. The maximum absolute atomic E-state index is 12.3. The molecule has 0 aliphatic rings. The Balaban J connectivity index is 4.57. The first-order chi connectivity index (χ1) is 8.47. The molecule has 0 aliphatic heterocycles. The van der Waals surface area contributed by atoms with Crippen molar-refractivity contribution in [3.05, 3.63) is 0 Å². The van der Waals surface area contributed by atoms with Gasteiger partial charge in [-0.15, -0.1) is 0 Å². The minimum absolute atomic E-state index is 0.0584. The molecular formula is C14H30N2O2. The number of nitrogens with two attached hydrogens (primary N) is 1. The summed E-state index contributed by atoms with van der Waals surface area (Å²) >= 11 is 0. The number of ether oxygens (including phenoxy) is 1. The van der Waals surface area contributed by atoms with Gasteiger partial charge in [-0.25, -0.2) is 0 Å². The highest BCUT2D eigenvalue weighted by Crippen LogP contribution is 2.13. The lowest BCUT2D eigenvalue weighted by atomic mass is 10.0. The van der Waals surface area contributed by atoms with Gasteiger partial charge in [0.05, 0.1) is 6.61 Å². The number of carbonyl (C=O) groups is 1. The molecule has 0 saturated carbocycles. The molecule has 0 aromatic heterocycles. The SMILES string of the molecule is CCC(CC)N(CCOC)C(=O)CC(N)C(C)C. The maximum atomic E-state index is 12.3. The van der Waals surface area contributed by atoms with Gasteiger partial charge in [-0.05, 0) is 18.8 Å². The first-order valence-corrected chi connectivity index (χ1v) is 7.01. The second kappa shape index (κ2) is 9.34. The van der Waals surface area contributed by atoms with Gasteiger partial charge in [0, 0.05) is 32.2 Å². The van der Waals surface area contributed by atoms with E-state index in [1.807, 2.05) is 4.90 Å². The highest BCUT2D eigenvalue weighted by Gasteiger charge is 2.23. The molecule has 1 amide bonds. The van der Waals surface area contributed by atoms with Gasteiger partial charge in [-0.1, -0.05) is 27.7 Å². The summed E-state index contributed by atoms with van der Waals surface area (Å²) in [6.45, 7) is 9.57. The van der Waals surface area contributed by atoms with Gasteiger partial charge in [-0.3, -0.25) is 4.79 Å². The van der Waals surface area contributed by atoms with Crippen molar-refractivity contribution >= 4 is 5.91 Å². The van der Waals surface area contributed by atoms with Crippen LogP contribution < -0.4 is 5.73 Å². The summed E-state index contributed by atoms with van der Waals surface area (Å²) in [5, 5.41) is 0. The van der Waals surface area contributed by atoms with E-state index in [4.69, 9.17) is 10.5 Å². The van der Waals surface area contributed by atoms with Gasteiger partial charge in [0.15, 0.2) is 0 Å². The van der Waals surface area contributed by atoms with Crippen LogP contribution in [0.1, 0.15) is 47.0 Å². The van der Waals surface area contributed by atoms with Crippen LogP contribution >= 0.6 is 0 Å². The molecule has 0 fully saturated rings. The predicted molar refractivity (Wildman–Crippen MR) is 75.4 cm³/mol. The Morgan fingerprint density at radius 2 is 1.83 bits per heavy atom. The number of hydrogen-bond acceptors (Lipinski definition) is 3. The lowest BCUT2D eigenvalue weighted by molar-refractivity contribution is -0.135. The highest BCUT2D eigenvalue weighted by atomic mass is 16.5. The largest absolute Gasteiger partial charge is 0.383 e. The molecule has 0 bridgehead atoms. The van der Waals surface area contributed by atoms with Crippen molar-refractivity contribution < 1.29 is 9.53 Å². The summed E-state index contributed by atoms with van der Waals surface area (Å²) in [5.41, 5.74) is 5.99. The lowest BCUT2D eigenvalue weighted by Gasteiger charge is -2.31. The minimum Gasteiger partial charge on any atom is -0.383 e. The summed E-state index contributed by atoms with van der Waals surface area (Å²) in [6.07, 6.45) is 2.38. The average Bonchev–Trinajstić information content (AvgIpc) is 2.34. The van der Waals surface area contributed by atoms with Crippen molar-refractivity contribution in [1.82, 2.24) is 4.90 Å². The van der Waals surface area contributed by atoms with Crippen LogP contribution in [0.25, 0.3) is 0 Å². The van der Waals surface area contributed by atoms with Gasteiger partial charge in [0.2, 0.25) is 5.91 Å². The predicted octanol–water partition coefficient (Wildman–Crippen LogP) is 2.02. The molecule has 108 valence electrons. The Bertz CT molecular complexity index is 228. The van der Waals surface area contributed by atoms with E-state index < -0.39 is 0 Å². The second-order valence-electron chi connectivity index (χ2n) is 5.16. The number of methoxy groups -OCH3 is 1. The number of carbonyl (C=O) groups excluding carboxylic acids is 1. The summed E-state index contributed by atoms with van der Waals surface area (Å²) in [6, 6.07) is 0.240. The Morgan fingerprint density at radius 3 is 2.22 bits per heavy atom. The van der Waals surface area contributed by atoms with Crippen LogP contribution in [0.5, 0.6) is 0 Å². The molecule has 0 aliphatic carbocycles. The van der Waals surface area contributed by atoms with Crippen molar-refractivity contribution in [1.29, 1.82) is 0 Å². The molecule has 0 spiro atoms. The maximum Gasteiger partial charge on any atom is 0.224 e. The van der Waals surface area contributed by atoms with Crippen molar-refractivity contribution in [2.24, 2.45) is 11.7 Å². The quantitative estimate of drug-likeness (QED) is 0.688. The molecule has 4 nitrogen and oxygen atoms in total. The topological polar surface area (TPSA) is 55.6 Å². The van der Waals surface area contributed by atoms with E-state index in [-0.39, 0.29) is 11.9 Å². The van der Waals surface area contributed by atoms with Crippen LogP contribution in [-0.4, -0.2) is 43.2 Å². The van der Waals surface area contributed by atoms with Gasteiger partial charge in [0.25, 0.3) is 0 Å². The van der Waals surface area contributed by atoms with Crippen LogP contribution in [0.3, 0.4) is 0 Å². The standard InChI is InChI=1S/C14H30N2O2/c1-6-12(7-2)16(8-9-18-5)14(17)10-13(15)11(3)4/h11-13H,6-10,15H2,1-5H3. The fraction of sp³-hybridized carbons (Fsp3) is 0.929. The van der Waals surface area contributed by atoms with Gasteiger partial charge in [-0.2, -0.15) is 0 Å². The summed E-state index contributed by atoms with van der Waals surface area (Å²) < 4.78 is 5.09. The number of amides is 1. The van der Waals surface area contributed by atoms with Crippen molar-refractivity contribution in [3.63, 3.8) is 0 Å². The zero-order valence-electron chi connectivity index (χ0n) is 12.6. The molecule has 1 atom stereocenters.